The number of benzene rings is 2. The van der Waals surface area contributed by atoms with E-state index in [0.29, 0.717) is 42.9 Å². The summed E-state index contributed by atoms with van der Waals surface area (Å²) in [6, 6.07) is 10.6. The van der Waals surface area contributed by atoms with E-state index in [1.165, 1.54) is 11.0 Å². The summed E-state index contributed by atoms with van der Waals surface area (Å²) in [6.07, 6.45) is -0.328. The van der Waals surface area contributed by atoms with E-state index in [0.717, 1.165) is 6.07 Å². The van der Waals surface area contributed by atoms with Gasteiger partial charge in [-0.1, -0.05) is 18.2 Å². The van der Waals surface area contributed by atoms with E-state index in [-0.39, 0.29) is 24.5 Å². The SMILES string of the molecule is O=C1c2ccccc2C(=O)N1CC1CN(Cc2ccc(F)c(F)c2)CCO1. The fourth-order valence-corrected chi connectivity index (χ4v) is 3.54. The molecule has 0 aliphatic carbocycles. The number of imide groups is 1. The second-order valence-corrected chi connectivity index (χ2v) is 6.74. The molecular weight excluding hydrogens is 354 g/mol. The van der Waals surface area contributed by atoms with Crippen LogP contribution in [0.3, 0.4) is 0 Å². The summed E-state index contributed by atoms with van der Waals surface area (Å²) in [5.74, 6) is -2.36. The van der Waals surface area contributed by atoms with E-state index in [9.17, 15) is 18.4 Å². The average Bonchev–Trinajstić information content (AvgIpc) is 2.90. The molecule has 0 radical (unpaired) electrons. The summed E-state index contributed by atoms with van der Waals surface area (Å²) in [4.78, 5) is 28.2. The maximum Gasteiger partial charge on any atom is 0.261 e. The molecule has 5 nitrogen and oxygen atoms in total. The lowest BCUT2D eigenvalue weighted by Gasteiger charge is -2.34. The van der Waals surface area contributed by atoms with Gasteiger partial charge in [0.15, 0.2) is 11.6 Å². The van der Waals surface area contributed by atoms with Crippen LogP contribution in [0.1, 0.15) is 26.3 Å². The van der Waals surface area contributed by atoms with E-state index >= 15 is 0 Å². The summed E-state index contributed by atoms with van der Waals surface area (Å²) in [7, 11) is 0. The van der Waals surface area contributed by atoms with Gasteiger partial charge in [-0.15, -0.1) is 0 Å². The van der Waals surface area contributed by atoms with Crippen LogP contribution in [0.2, 0.25) is 0 Å². The van der Waals surface area contributed by atoms with E-state index in [1.54, 1.807) is 30.3 Å². The first-order chi connectivity index (χ1) is 13.0. The minimum Gasteiger partial charge on any atom is -0.374 e. The van der Waals surface area contributed by atoms with Gasteiger partial charge >= 0.3 is 0 Å². The molecule has 1 saturated heterocycles. The lowest BCUT2D eigenvalue weighted by Crippen LogP contribution is -2.48. The molecule has 27 heavy (non-hydrogen) atoms. The van der Waals surface area contributed by atoms with Crippen molar-refractivity contribution in [1.29, 1.82) is 0 Å². The van der Waals surface area contributed by atoms with Crippen molar-refractivity contribution in [2.45, 2.75) is 12.6 Å². The highest BCUT2D eigenvalue weighted by Gasteiger charge is 2.37. The predicted octanol–water partition coefficient (Wildman–Crippen LogP) is 2.46. The van der Waals surface area contributed by atoms with Crippen molar-refractivity contribution in [3.63, 3.8) is 0 Å². The zero-order valence-electron chi connectivity index (χ0n) is 14.5. The van der Waals surface area contributed by atoms with Crippen molar-refractivity contribution < 1.29 is 23.1 Å². The van der Waals surface area contributed by atoms with Crippen LogP contribution in [0.15, 0.2) is 42.5 Å². The fourth-order valence-electron chi connectivity index (χ4n) is 3.54. The molecule has 2 heterocycles. The van der Waals surface area contributed by atoms with Crippen LogP contribution in [0.4, 0.5) is 8.78 Å². The minimum atomic E-state index is -0.872. The molecule has 7 heteroatoms. The van der Waals surface area contributed by atoms with Gasteiger partial charge in [-0.2, -0.15) is 0 Å². The summed E-state index contributed by atoms with van der Waals surface area (Å²) in [6.45, 7) is 2.18. The molecule has 2 aliphatic rings. The molecule has 2 aromatic carbocycles. The Kier molecular flexibility index (Phi) is 4.72. The van der Waals surface area contributed by atoms with Crippen LogP contribution in [0, 0.1) is 11.6 Å². The number of carbonyl (C=O) groups is 2. The van der Waals surface area contributed by atoms with Crippen molar-refractivity contribution in [2.75, 3.05) is 26.2 Å². The molecule has 2 aromatic rings. The molecule has 0 saturated carbocycles. The van der Waals surface area contributed by atoms with Gasteiger partial charge in [0.05, 0.1) is 30.4 Å². The Morgan fingerprint density at radius 2 is 1.70 bits per heavy atom. The molecule has 0 N–H and O–H groups in total. The van der Waals surface area contributed by atoms with Crippen molar-refractivity contribution in [3.05, 3.63) is 70.8 Å². The molecule has 2 amide bonds. The number of nitrogens with zero attached hydrogens (tertiary/aromatic N) is 2. The Labute approximate surface area is 155 Å². The van der Waals surface area contributed by atoms with Crippen molar-refractivity contribution in [2.24, 2.45) is 0 Å². The van der Waals surface area contributed by atoms with Gasteiger partial charge in [-0.3, -0.25) is 19.4 Å². The lowest BCUT2D eigenvalue weighted by atomic mass is 10.1. The number of hydrogen-bond donors (Lipinski definition) is 0. The predicted molar refractivity (Wildman–Crippen MR) is 93.2 cm³/mol. The molecule has 0 spiro atoms. The first-order valence-electron chi connectivity index (χ1n) is 8.76. The Balaban J connectivity index is 1.41. The largest absolute Gasteiger partial charge is 0.374 e. The minimum absolute atomic E-state index is 0.167. The second kappa shape index (κ2) is 7.17. The van der Waals surface area contributed by atoms with Gasteiger partial charge in [-0.25, -0.2) is 8.78 Å². The number of hydrogen-bond acceptors (Lipinski definition) is 4. The zero-order chi connectivity index (χ0) is 19.0. The summed E-state index contributed by atoms with van der Waals surface area (Å²) in [5, 5.41) is 0. The van der Waals surface area contributed by atoms with Gasteiger partial charge < -0.3 is 4.74 Å². The van der Waals surface area contributed by atoms with Gasteiger partial charge in [0.2, 0.25) is 0 Å². The van der Waals surface area contributed by atoms with Crippen molar-refractivity contribution in [3.8, 4) is 0 Å². The monoisotopic (exact) mass is 372 g/mol. The van der Waals surface area contributed by atoms with E-state index in [4.69, 9.17) is 4.74 Å². The molecule has 4 rings (SSSR count). The van der Waals surface area contributed by atoms with E-state index in [2.05, 4.69) is 0 Å². The van der Waals surface area contributed by atoms with Crippen LogP contribution in [0.25, 0.3) is 0 Å². The summed E-state index contributed by atoms with van der Waals surface area (Å²) in [5.41, 5.74) is 1.49. The van der Waals surface area contributed by atoms with Crippen molar-refractivity contribution in [1.82, 2.24) is 9.80 Å². The number of carbonyl (C=O) groups excluding carboxylic acids is 2. The van der Waals surface area contributed by atoms with Gasteiger partial charge in [0.1, 0.15) is 0 Å². The molecule has 1 atom stereocenters. The molecule has 140 valence electrons. The molecule has 2 aliphatic heterocycles. The van der Waals surface area contributed by atoms with Crippen molar-refractivity contribution >= 4 is 11.8 Å². The molecule has 1 unspecified atom stereocenters. The maximum absolute atomic E-state index is 13.4. The van der Waals surface area contributed by atoms with E-state index < -0.39 is 11.6 Å². The van der Waals surface area contributed by atoms with Gasteiger partial charge in [0.25, 0.3) is 11.8 Å². The highest BCUT2D eigenvalue weighted by molar-refractivity contribution is 6.21. The van der Waals surface area contributed by atoms with Crippen LogP contribution in [0.5, 0.6) is 0 Å². The molecule has 0 aromatic heterocycles. The second-order valence-electron chi connectivity index (χ2n) is 6.74. The van der Waals surface area contributed by atoms with Crippen LogP contribution in [-0.2, 0) is 11.3 Å². The summed E-state index contributed by atoms with van der Waals surface area (Å²) >= 11 is 0. The van der Waals surface area contributed by atoms with Crippen LogP contribution < -0.4 is 0 Å². The topological polar surface area (TPSA) is 49.9 Å². The number of rotatable bonds is 4. The number of fused-ring (bicyclic) bond motifs is 1. The molecule has 1 fully saturated rings. The van der Waals surface area contributed by atoms with Gasteiger partial charge in [0, 0.05) is 19.6 Å². The third kappa shape index (κ3) is 3.48. The first-order valence-corrected chi connectivity index (χ1v) is 8.76. The number of morpholine rings is 1. The third-order valence-corrected chi connectivity index (χ3v) is 4.88. The van der Waals surface area contributed by atoms with Gasteiger partial charge in [-0.05, 0) is 29.8 Å². The quantitative estimate of drug-likeness (QED) is 0.774. The Hall–Kier alpha value is -2.64. The Morgan fingerprint density at radius 1 is 1.00 bits per heavy atom. The average molecular weight is 372 g/mol. The lowest BCUT2D eigenvalue weighted by molar-refractivity contribution is -0.0400. The zero-order valence-corrected chi connectivity index (χ0v) is 14.5. The normalized spacial score (nSPS) is 20.2. The van der Waals surface area contributed by atoms with E-state index in [1.807, 2.05) is 4.90 Å². The standard InChI is InChI=1S/C20H18F2N2O3/c21-17-6-5-13(9-18(17)22)10-23-7-8-27-14(11-23)12-24-19(25)15-3-1-2-4-16(15)20(24)26/h1-6,9,14H,7-8,10-12H2. The molecular formula is C20H18F2N2O3. The number of amides is 2. The molecule has 0 bridgehead atoms. The maximum atomic E-state index is 13.4. The van der Waals surface area contributed by atoms with Crippen LogP contribution in [-0.4, -0.2) is 54.0 Å². The van der Waals surface area contributed by atoms with Crippen LogP contribution >= 0.6 is 0 Å². The number of halogens is 2. The smallest absolute Gasteiger partial charge is 0.261 e. The number of ether oxygens (including phenoxy) is 1. The Bertz CT molecular complexity index is 868. The highest BCUT2D eigenvalue weighted by Crippen LogP contribution is 2.23. The first kappa shape index (κ1) is 17.8. The summed E-state index contributed by atoms with van der Waals surface area (Å²) < 4.78 is 32.2. The fraction of sp³-hybridized carbons (Fsp3) is 0.300. The third-order valence-electron chi connectivity index (χ3n) is 4.88. The highest BCUT2D eigenvalue weighted by atomic mass is 19.2. The Morgan fingerprint density at radius 3 is 2.37 bits per heavy atom.